The van der Waals surface area contributed by atoms with Crippen LogP contribution in [0.4, 0.5) is 5.69 Å². The van der Waals surface area contributed by atoms with Crippen molar-refractivity contribution < 1.29 is 4.74 Å². The summed E-state index contributed by atoms with van der Waals surface area (Å²) in [4.78, 5) is 0. The van der Waals surface area contributed by atoms with Gasteiger partial charge in [-0.1, -0.05) is 59.6 Å². The van der Waals surface area contributed by atoms with Crippen molar-refractivity contribution in [1.29, 1.82) is 0 Å². The maximum atomic E-state index is 6.53. The first kappa shape index (κ1) is 17.7. The first-order valence-electron chi connectivity index (χ1n) is 9.44. The van der Waals surface area contributed by atoms with Crippen molar-refractivity contribution in [2.24, 2.45) is 5.92 Å². The van der Waals surface area contributed by atoms with Crippen LogP contribution in [-0.4, -0.2) is 0 Å². The average molecular weight is 408 g/mol. The van der Waals surface area contributed by atoms with Crippen LogP contribution in [-0.2, 0) is 0 Å². The smallest absolute Gasteiger partial charge is 0.127 e. The van der Waals surface area contributed by atoms with E-state index in [1.165, 1.54) is 5.56 Å². The van der Waals surface area contributed by atoms with Crippen LogP contribution in [0.1, 0.15) is 29.5 Å². The first-order chi connectivity index (χ1) is 13.7. The van der Waals surface area contributed by atoms with E-state index in [1.54, 1.807) is 0 Å². The highest BCUT2D eigenvalue weighted by molar-refractivity contribution is 6.35. The molecule has 5 rings (SSSR count). The number of ether oxygens (including phenoxy) is 1. The molecule has 140 valence electrons. The number of nitrogens with one attached hydrogen (secondary N) is 1. The van der Waals surface area contributed by atoms with Gasteiger partial charge in [0.1, 0.15) is 11.5 Å². The molecule has 2 aliphatic rings. The Kier molecular flexibility index (Phi) is 4.54. The number of benzene rings is 3. The van der Waals surface area contributed by atoms with Crippen molar-refractivity contribution in [1.82, 2.24) is 0 Å². The van der Waals surface area contributed by atoms with Gasteiger partial charge in [-0.15, -0.1) is 0 Å². The Bertz CT molecular complexity index is 1050. The Hall–Kier alpha value is -2.42. The number of anilines is 1. The predicted molar refractivity (Wildman–Crippen MR) is 116 cm³/mol. The molecule has 0 aromatic heterocycles. The molecule has 0 radical (unpaired) electrons. The molecule has 4 heteroatoms. The zero-order valence-corrected chi connectivity index (χ0v) is 16.6. The van der Waals surface area contributed by atoms with Crippen molar-refractivity contribution in [3.8, 4) is 11.5 Å². The molecule has 2 nitrogen and oxygen atoms in total. The molecule has 3 aromatic rings. The maximum Gasteiger partial charge on any atom is 0.127 e. The summed E-state index contributed by atoms with van der Waals surface area (Å²) >= 11 is 12.6. The van der Waals surface area contributed by atoms with Gasteiger partial charge in [0.25, 0.3) is 0 Å². The number of hydrogen-bond acceptors (Lipinski definition) is 2. The fraction of sp³-hybridized carbons (Fsp3) is 0.167. The molecule has 0 bridgehead atoms. The number of halogens is 2. The molecule has 1 N–H and O–H groups in total. The maximum absolute atomic E-state index is 6.53. The zero-order chi connectivity index (χ0) is 19.1. The minimum absolute atomic E-state index is 0.151. The summed E-state index contributed by atoms with van der Waals surface area (Å²) in [7, 11) is 0. The van der Waals surface area contributed by atoms with Gasteiger partial charge in [-0.2, -0.15) is 0 Å². The summed E-state index contributed by atoms with van der Waals surface area (Å²) in [6, 6.07) is 22.1. The fourth-order valence-electron chi connectivity index (χ4n) is 4.32. The van der Waals surface area contributed by atoms with Gasteiger partial charge >= 0.3 is 0 Å². The number of hydrogen-bond donors (Lipinski definition) is 1. The van der Waals surface area contributed by atoms with E-state index in [-0.39, 0.29) is 6.04 Å². The topological polar surface area (TPSA) is 21.3 Å². The Labute approximate surface area is 174 Å². The first-order valence-corrected chi connectivity index (χ1v) is 10.2. The van der Waals surface area contributed by atoms with Gasteiger partial charge in [0.05, 0.1) is 6.04 Å². The predicted octanol–water partition coefficient (Wildman–Crippen LogP) is 7.61. The lowest BCUT2D eigenvalue weighted by Crippen LogP contribution is -2.29. The van der Waals surface area contributed by atoms with Crippen LogP contribution in [0.5, 0.6) is 11.5 Å². The Morgan fingerprint density at radius 2 is 1.71 bits per heavy atom. The lowest BCUT2D eigenvalue weighted by Gasteiger charge is -2.38. The van der Waals surface area contributed by atoms with Crippen LogP contribution in [0.2, 0.25) is 10.0 Å². The van der Waals surface area contributed by atoms with Crippen LogP contribution in [0.25, 0.3) is 0 Å². The third kappa shape index (κ3) is 3.17. The van der Waals surface area contributed by atoms with E-state index >= 15 is 0 Å². The summed E-state index contributed by atoms with van der Waals surface area (Å²) in [6.07, 6.45) is 5.60. The van der Waals surface area contributed by atoms with E-state index in [0.29, 0.717) is 21.9 Å². The van der Waals surface area contributed by atoms with E-state index in [9.17, 15) is 0 Å². The third-order valence-electron chi connectivity index (χ3n) is 5.61. The molecular formula is C24H19Cl2NO. The lowest BCUT2D eigenvalue weighted by atomic mass is 9.77. The van der Waals surface area contributed by atoms with Crippen LogP contribution in [0, 0.1) is 5.92 Å². The second-order valence-electron chi connectivity index (χ2n) is 7.31. The zero-order valence-electron chi connectivity index (χ0n) is 15.1. The summed E-state index contributed by atoms with van der Waals surface area (Å²) in [6.45, 7) is 0. The van der Waals surface area contributed by atoms with Gasteiger partial charge < -0.3 is 10.1 Å². The van der Waals surface area contributed by atoms with Gasteiger partial charge in [0.15, 0.2) is 0 Å². The Morgan fingerprint density at radius 3 is 2.54 bits per heavy atom. The molecular weight excluding hydrogens is 389 g/mol. The van der Waals surface area contributed by atoms with Crippen molar-refractivity contribution in [2.75, 3.05) is 5.32 Å². The molecule has 1 aliphatic heterocycles. The molecule has 3 aromatic carbocycles. The molecule has 0 saturated heterocycles. The molecule has 28 heavy (non-hydrogen) atoms. The van der Waals surface area contributed by atoms with Crippen LogP contribution in [0.3, 0.4) is 0 Å². The monoisotopic (exact) mass is 407 g/mol. The number of fused-ring (bicyclic) bond motifs is 3. The van der Waals surface area contributed by atoms with Crippen LogP contribution < -0.4 is 10.1 Å². The number of allylic oxidation sites excluding steroid dienone is 2. The average Bonchev–Trinajstić information content (AvgIpc) is 3.19. The van der Waals surface area contributed by atoms with Gasteiger partial charge in [0, 0.05) is 21.7 Å². The molecule has 0 unspecified atom stereocenters. The highest BCUT2D eigenvalue weighted by Gasteiger charge is 2.38. The fourth-order valence-corrected chi connectivity index (χ4v) is 4.85. The van der Waals surface area contributed by atoms with Crippen LogP contribution >= 0.6 is 23.2 Å². The Morgan fingerprint density at radius 1 is 0.857 bits per heavy atom. The third-order valence-corrected chi connectivity index (χ3v) is 6.17. The second-order valence-corrected chi connectivity index (χ2v) is 8.15. The Balaban J connectivity index is 1.50. The van der Waals surface area contributed by atoms with Gasteiger partial charge in [-0.3, -0.25) is 0 Å². The highest BCUT2D eigenvalue weighted by atomic mass is 35.5. The van der Waals surface area contributed by atoms with Gasteiger partial charge in [-0.05, 0) is 65.9 Å². The molecule has 0 fully saturated rings. The lowest BCUT2D eigenvalue weighted by molar-refractivity contribution is 0.422. The minimum atomic E-state index is 0.151. The SMILES string of the molecule is Clc1ccc([C@@H]2Nc3ccc(Oc4ccccc4)cc3[C@@H]3C=CC[C@@H]32)c(Cl)c1. The molecule has 1 heterocycles. The van der Waals surface area contributed by atoms with Crippen molar-refractivity contribution >= 4 is 28.9 Å². The standard InChI is InChI=1S/C24H19Cl2NO/c25-15-9-11-20(22(26)13-15)24-19-8-4-7-18(19)21-14-17(10-12-23(21)27-24)28-16-5-2-1-3-6-16/h1-7,9-14,18-19,24,27H,8H2/t18-,19+,24-/m1/s1. The largest absolute Gasteiger partial charge is 0.457 e. The van der Waals surface area contributed by atoms with Crippen molar-refractivity contribution in [2.45, 2.75) is 18.4 Å². The number of rotatable bonds is 3. The summed E-state index contributed by atoms with van der Waals surface area (Å²) in [5.41, 5.74) is 3.50. The minimum Gasteiger partial charge on any atom is -0.457 e. The summed E-state index contributed by atoms with van der Waals surface area (Å²) < 4.78 is 6.05. The van der Waals surface area contributed by atoms with E-state index in [4.69, 9.17) is 27.9 Å². The number of para-hydroxylation sites is 1. The summed E-state index contributed by atoms with van der Waals surface area (Å²) in [5.74, 6) is 2.45. The summed E-state index contributed by atoms with van der Waals surface area (Å²) in [5, 5.41) is 5.09. The second kappa shape index (κ2) is 7.20. The van der Waals surface area contributed by atoms with E-state index < -0.39 is 0 Å². The molecule has 0 saturated carbocycles. The van der Waals surface area contributed by atoms with E-state index in [2.05, 4.69) is 29.6 Å². The molecule has 1 aliphatic carbocycles. The molecule has 0 amide bonds. The van der Waals surface area contributed by atoms with Crippen molar-refractivity contribution in [3.05, 3.63) is 100 Å². The van der Waals surface area contributed by atoms with E-state index in [1.807, 2.05) is 54.6 Å². The van der Waals surface area contributed by atoms with Crippen molar-refractivity contribution in [3.63, 3.8) is 0 Å². The molecule has 0 spiro atoms. The normalized spacial score (nSPS) is 22.3. The highest BCUT2D eigenvalue weighted by Crippen LogP contribution is 2.51. The van der Waals surface area contributed by atoms with Crippen LogP contribution in [0.15, 0.2) is 78.9 Å². The quantitative estimate of drug-likeness (QED) is 0.450. The molecule has 3 atom stereocenters. The van der Waals surface area contributed by atoms with E-state index in [0.717, 1.165) is 29.2 Å². The van der Waals surface area contributed by atoms with Gasteiger partial charge in [-0.25, -0.2) is 0 Å². The van der Waals surface area contributed by atoms with Gasteiger partial charge in [0.2, 0.25) is 0 Å².